The molecule has 0 spiro atoms. The first-order chi connectivity index (χ1) is 15.5. The van der Waals surface area contributed by atoms with E-state index in [4.69, 9.17) is 16.3 Å². The number of ether oxygens (including phenoxy) is 1. The van der Waals surface area contributed by atoms with Gasteiger partial charge in [-0.15, -0.1) is 0 Å². The maximum atomic E-state index is 12.5. The van der Waals surface area contributed by atoms with E-state index in [0.29, 0.717) is 24.8 Å². The van der Waals surface area contributed by atoms with Gasteiger partial charge in [0.15, 0.2) is 0 Å². The summed E-state index contributed by atoms with van der Waals surface area (Å²) < 4.78 is 33.4. The van der Waals surface area contributed by atoms with Crippen molar-refractivity contribution >= 4 is 21.6 Å². The van der Waals surface area contributed by atoms with Crippen LogP contribution in [0, 0.1) is 5.92 Å². The smallest absolute Gasteiger partial charge is 0.240 e. The van der Waals surface area contributed by atoms with Gasteiger partial charge in [0.25, 0.3) is 0 Å². The lowest BCUT2D eigenvalue weighted by Gasteiger charge is -2.32. The fourth-order valence-electron chi connectivity index (χ4n) is 4.05. The van der Waals surface area contributed by atoms with Crippen LogP contribution in [0.5, 0.6) is 5.75 Å². The highest BCUT2D eigenvalue weighted by molar-refractivity contribution is 7.89. The second-order valence-electron chi connectivity index (χ2n) is 8.54. The zero-order valence-corrected chi connectivity index (χ0v) is 20.5. The normalized spacial score (nSPS) is 15.7. The number of unbranched alkanes of at least 4 members (excludes halogenated alkanes) is 1. The molecular weight excluding hydrogens is 444 g/mol. The summed E-state index contributed by atoms with van der Waals surface area (Å²) in [7, 11) is -3.49. The molecule has 0 atom stereocenters. The van der Waals surface area contributed by atoms with Crippen LogP contribution in [0.4, 0.5) is 0 Å². The Balaban J connectivity index is 1.34. The van der Waals surface area contributed by atoms with Gasteiger partial charge in [0.05, 0.1) is 11.5 Å². The molecule has 1 heterocycles. The lowest BCUT2D eigenvalue weighted by Crippen LogP contribution is -2.36. The Hall–Kier alpha value is -1.60. The van der Waals surface area contributed by atoms with E-state index in [9.17, 15) is 8.42 Å². The quantitative estimate of drug-likeness (QED) is 0.429. The highest BCUT2D eigenvalue weighted by Crippen LogP contribution is 2.23. The molecule has 1 saturated heterocycles. The Labute approximate surface area is 198 Å². The first-order valence-corrected chi connectivity index (χ1v) is 13.5. The van der Waals surface area contributed by atoms with Gasteiger partial charge in [0.1, 0.15) is 5.75 Å². The zero-order valence-electron chi connectivity index (χ0n) is 18.9. The number of piperidine rings is 1. The molecule has 0 aromatic heterocycles. The van der Waals surface area contributed by atoms with Crippen molar-refractivity contribution in [3.05, 3.63) is 59.1 Å². The van der Waals surface area contributed by atoms with Crippen LogP contribution in [0.25, 0.3) is 0 Å². The maximum Gasteiger partial charge on any atom is 0.240 e. The molecule has 32 heavy (non-hydrogen) atoms. The predicted molar refractivity (Wildman–Crippen MR) is 131 cm³/mol. The van der Waals surface area contributed by atoms with Crippen LogP contribution < -0.4 is 9.46 Å². The van der Waals surface area contributed by atoms with Gasteiger partial charge in [0.2, 0.25) is 10.0 Å². The van der Waals surface area contributed by atoms with Crippen LogP contribution >= 0.6 is 11.6 Å². The monoisotopic (exact) mass is 478 g/mol. The van der Waals surface area contributed by atoms with Gasteiger partial charge in [-0.3, -0.25) is 0 Å². The fraction of sp³-hybridized carbons (Fsp3) is 0.520. The van der Waals surface area contributed by atoms with Crippen LogP contribution in [0.15, 0.2) is 53.4 Å². The molecule has 0 radical (unpaired) electrons. The summed E-state index contributed by atoms with van der Waals surface area (Å²) in [6.07, 6.45) is 6.28. The van der Waals surface area contributed by atoms with E-state index < -0.39 is 10.0 Å². The van der Waals surface area contributed by atoms with Gasteiger partial charge in [-0.25, -0.2) is 13.1 Å². The number of nitrogens with zero attached hydrogens (tertiary/aromatic N) is 1. The Bertz CT molecular complexity index is 926. The van der Waals surface area contributed by atoms with E-state index in [0.717, 1.165) is 50.3 Å². The van der Waals surface area contributed by atoms with Crippen LogP contribution in [0.2, 0.25) is 5.02 Å². The predicted octanol–water partition coefficient (Wildman–Crippen LogP) is 5.14. The second-order valence-corrected chi connectivity index (χ2v) is 10.7. The third-order valence-corrected chi connectivity index (χ3v) is 7.68. The molecule has 7 heteroatoms. The molecule has 2 aromatic carbocycles. The first-order valence-electron chi connectivity index (χ1n) is 11.7. The van der Waals surface area contributed by atoms with Crippen LogP contribution in [-0.2, 0) is 16.4 Å². The summed E-state index contributed by atoms with van der Waals surface area (Å²) in [5.74, 6) is 1.40. The highest BCUT2D eigenvalue weighted by Gasteiger charge is 2.20. The molecule has 1 fully saturated rings. The fourth-order valence-corrected chi connectivity index (χ4v) is 5.34. The van der Waals surface area contributed by atoms with Crippen molar-refractivity contribution in [2.75, 3.05) is 32.8 Å². The number of likely N-dealkylation sites (tertiary alicyclic amines) is 1. The van der Waals surface area contributed by atoms with E-state index in [1.54, 1.807) is 24.3 Å². The number of hydrogen-bond donors (Lipinski definition) is 1. The van der Waals surface area contributed by atoms with Crippen molar-refractivity contribution < 1.29 is 13.2 Å². The summed E-state index contributed by atoms with van der Waals surface area (Å²) in [5, 5.41) is 0.804. The third kappa shape index (κ3) is 8.07. The molecular formula is C25H35ClN2O3S. The molecule has 1 aliphatic rings. The van der Waals surface area contributed by atoms with Crippen molar-refractivity contribution in [3.8, 4) is 5.75 Å². The number of rotatable bonds is 12. The van der Waals surface area contributed by atoms with E-state index >= 15 is 0 Å². The van der Waals surface area contributed by atoms with Crippen molar-refractivity contribution in [3.63, 3.8) is 0 Å². The second kappa shape index (κ2) is 12.6. The Kier molecular flexibility index (Phi) is 9.85. The summed E-state index contributed by atoms with van der Waals surface area (Å²) in [5.41, 5.74) is 1.31. The van der Waals surface area contributed by atoms with Crippen LogP contribution in [-0.4, -0.2) is 46.1 Å². The zero-order chi connectivity index (χ0) is 22.8. The van der Waals surface area contributed by atoms with Gasteiger partial charge in [-0.2, -0.15) is 0 Å². The van der Waals surface area contributed by atoms with Gasteiger partial charge >= 0.3 is 0 Å². The van der Waals surface area contributed by atoms with E-state index in [-0.39, 0.29) is 4.90 Å². The van der Waals surface area contributed by atoms with Gasteiger partial charge in [-0.1, -0.05) is 37.1 Å². The molecule has 1 aliphatic heterocycles. The number of hydrogen-bond acceptors (Lipinski definition) is 4. The van der Waals surface area contributed by atoms with Crippen molar-refractivity contribution in [1.82, 2.24) is 9.62 Å². The topological polar surface area (TPSA) is 58.6 Å². The van der Waals surface area contributed by atoms with E-state index in [1.165, 1.54) is 18.4 Å². The number of nitrogens with one attached hydrogen (secondary N) is 1. The molecule has 1 N–H and O–H groups in total. The maximum absolute atomic E-state index is 12.5. The largest absolute Gasteiger partial charge is 0.494 e. The van der Waals surface area contributed by atoms with Crippen molar-refractivity contribution in [2.24, 2.45) is 5.92 Å². The van der Waals surface area contributed by atoms with E-state index in [2.05, 4.69) is 28.7 Å². The third-order valence-electron chi connectivity index (χ3n) is 5.96. The van der Waals surface area contributed by atoms with E-state index in [1.807, 2.05) is 12.1 Å². The molecule has 0 saturated carbocycles. The Morgan fingerprint density at radius 2 is 1.84 bits per heavy atom. The minimum absolute atomic E-state index is 0.280. The van der Waals surface area contributed by atoms with Gasteiger partial charge in [-0.05, 0) is 99.6 Å². The van der Waals surface area contributed by atoms with Crippen molar-refractivity contribution in [1.29, 1.82) is 0 Å². The highest BCUT2D eigenvalue weighted by atomic mass is 35.5. The average Bonchev–Trinajstić information content (AvgIpc) is 2.78. The summed E-state index contributed by atoms with van der Waals surface area (Å²) in [6.45, 7) is 6.25. The number of benzene rings is 2. The van der Waals surface area contributed by atoms with Crippen molar-refractivity contribution in [2.45, 2.75) is 50.3 Å². The van der Waals surface area contributed by atoms with Gasteiger partial charge in [0, 0.05) is 11.6 Å². The number of sulfonamides is 1. The standard InChI is InChI=1S/C25H35ClN2O3S/c1-2-3-18-31-24-8-10-25(11-9-24)32(29,30)27-14-5-15-28-16-12-21(13-17-28)19-22-6-4-7-23(26)20-22/h4,6-11,20-21,27H,2-3,5,12-19H2,1H3. The molecule has 2 aromatic rings. The molecule has 5 nitrogen and oxygen atoms in total. The first kappa shape index (κ1) is 25.0. The molecule has 0 amide bonds. The molecule has 0 bridgehead atoms. The van der Waals surface area contributed by atoms with Gasteiger partial charge < -0.3 is 9.64 Å². The summed E-state index contributed by atoms with van der Waals surface area (Å²) >= 11 is 6.10. The van der Waals surface area contributed by atoms with Crippen LogP contribution in [0.1, 0.15) is 44.6 Å². The number of halogens is 1. The van der Waals surface area contributed by atoms with Crippen LogP contribution in [0.3, 0.4) is 0 Å². The molecule has 3 rings (SSSR count). The molecule has 0 unspecified atom stereocenters. The SMILES string of the molecule is CCCCOc1ccc(S(=O)(=O)NCCCN2CCC(Cc3cccc(Cl)c3)CC2)cc1. The summed E-state index contributed by atoms with van der Waals surface area (Å²) in [6, 6.07) is 14.8. The minimum Gasteiger partial charge on any atom is -0.494 e. The average molecular weight is 479 g/mol. The molecule has 0 aliphatic carbocycles. The lowest BCUT2D eigenvalue weighted by molar-refractivity contribution is 0.183. The Morgan fingerprint density at radius 3 is 2.53 bits per heavy atom. The Morgan fingerprint density at radius 1 is 1.09 bits per heavy atom. The lowest BCUT2D eigenvalue weighted by atomic mass is 9.90. The molecule has 176 valence electrons. The minimum atomic E-state index is -3.49. The summed E-state index contributed by atoms with van der Waals surface area (Å²) in [4.78, 5) is 2.72.